The Hall–Kier alpha value is 0.623. The Bertz CT molecular complexity index is 80.7. The summed E-state index contributed by atoms with van der Waals surface area (Å²) in [7, 11) is 0. The third-order valence-corrected chi connectivity index (χ3v) is 7.76. The molecular formula is C8H14Zn. The SMILES string of the molecule is C1CC1[CH2][Zn][CH2]C1CC1. The van der Waals surface area contributed by atoms with Crippen LogP contribution in [0.15, 0.2) is 0 Å². The van der Waals surface area contributed by atoms with Gasteiger partial charge in [0.1, 0.15) is 0 Å². The summed E-state index contributed by atoms with van der Waals surface area (Å²) in [6.45, 7) is 0. The maximum absolute atomic E-state index is 1.74. The number of hydrogen-bond donors (Lipinski definition) is 0. The van der Waals surface area contributed by atoms with Crippen LogP contribution in [0.1, 0.15) is 25.7 Å². The topological polar surface area (TPSA) is 0 Å². The first kappa shape index (κ1) is 6.34. The third kappa shape index (κ3) is 2.37. The summed E-state index contributed by atoms with van der Waals surface area (Å²) in [5.74, 6) is 2.51. The molecule has 2 rings (SSSR count). The van der Waals surface area contributed by atoms with Crippen molar-refractivity contribution in [3.05, 3.63) is 0 Å². The molecule has 2 fully saturated rings. The van der Waals surface area contributed by atoms with Gasteiger partial charge in [-0.15, -0.1) is 0 Å². The molecule has 2 saturated carbocycles. The van der Waals surface area contributed by atoms with E-state index in [9.17, 15) is 0 Å². The molecule has 0 spiro atoms. The quantitative estimate of drug-likeness (QED) is 0.577. The van der Waals surface area contributed by atoms with Crippen molar-refractivity contribution in [1.29, 1.82) is 0 Å². The molecule has 0 aromatic heterocycles. The van der Waals surface area contributed by atoms with Crippen molar-refractivity contribution < 1.29 is 17.1 Å². The molecule has 0 aromatic carbocycles. The van der Waals surface area contributed by atoms with E-state index in [1.54, 1.807) is 35.7 Å². The fourth-order valence-corrected chi connectivity index (χ4v) is 6.85. The van der Waals surface area contributed by atoms with E-state index >= 15 is 0 Å². The van der Waals surface area contributed by atoms with Gasteiger partial charge in [0.15, 0.2) is 0 Å². The zero-order valence-electron chi connectivity index (χ0n) is 6.10. The second-order valence-electron chi connectivity index (χ2n) is 3.82. The molecule has 0 unspecified atom stereocenters. The molecule has 0 N–H and O–H groups in total. The van der Waals surface area contributed by atoms with Gasteiger partial charge in [-0.05, 0) is 0 Å². The van der Waals surface area contributed by atoms with Gasteiger partial charge in [-0.2, -0.15) is 0 Å². The first-order valence-corrected chi connectivity index (χ1v) is 8.65. The summed E-state index contributed by atoms with van der Waals surface area (Å²) in [6, 6.07) is 0. The molecule has 0 amide bonds. The molecule has 2 aliphatic rings. The Kier molecular flexibility index (Phi) is 1.90. The summed E-state index contributed by atoms with van der Waals surface area (Å²) < 4.78 is 0. The van der Waals surface area contributed by atoms with Crippen molar-refractivity contribution in [3.8, 4) is 0 Å². The number of hydrogen-bond acceptors (Lipinski definition) is 0. The van der Waals surface area contributed by atoms with Crippen LogP contribution in [0.5, 0.6) is 0 Å². The zero-order chi connectivity index (χ0) is 6.10. The average molecular weight is 176 g/mol. The van der Waals surface area contributed by atoms with E-state index in [1.807, 2.05) is 0 Å². The maximum atomic E-state index is 1.74. The molecule has 0 aromatic rings. The van der Waals surface area contributed by atoms with Crippen LogP contribution in [-0.4, -0.2) is 0 Å². The van der Waals surface area contributed by atoms with E-state index < -0.39 is 0 Å². The van der Waals surface area contributed by atoms with Gasteiger partial charge in [-0.1, -0.05) is 0 Å². The Morgan fingerprint density at radius 3 is 1.67 bits per heavy atom. The van der Waals surface area contributed by atoms with Crippen molar-refractivity contribution >= 4 is 0 Å². The molecule has 1 heteroatoms. The van der Waals surface area contributed by atoms with Gasteiger partial charge >= 0.3 is 64.7 Å². The van der Waals surface area contributed by atoms with Crippen molar-refractivity contribution in [2.45, 2.75) is 35.7 Å². The predicted octanol–water partition coefficient (Wildman–Crippen LogP) is 2.73. The minimum atomic E-state index is 0.0579. The Balaban J connectivity index is 1.46. The van der Waals surface area contributed by atoms with Crippen LogP contribution < -0.4 is 0 Å². The summed E-state index contributed by atoms with van der Waals surface area (Å²) >= 11 is 0.0579. The first-order chi connectivity index (χ1) is 4.45. The normalized spacial score (nSPS) is 25.8. The molecule has 48 valence electrons. The van der Waals surface area contributed by atoms with Gasteiger partial charge < -0.3 is 0 Å². The zero-order valence-corrected chi connectivity index (χ0v) is 9.07. The van der Waals surface area contributed by atoms with Crippen molar-refractivity contribution in [2.24, 2.45) is 11.8 Å². The fraction of sp³-hybridized carbons (Fsp3) is 1.00. The summed E-state index contributed by atoms with van der Waals surface area (Å²) in [5.41, 5.74) is 0. The van der Waals surface area contributed by atoms with Gasteiger partial charge in [0.05, 0.1) is 0 Å². The molecule has 0 radical (unpaired) electrons. The van der Waals surface area contributed by atoms with E-state index in [4.69, 9.17) is 0 Å². The van der Waals surface area contributed by atoms with Crippen LogP contribution in [0.4, 0.5) is 0 Å². The fourth-order valence-electron chi connectivity index (χ4n) is 1.51. The van der Waals surface area contributed by atoms with Crippen LogP contribution >= 0.6 is 0 Å². The Morgan fingerprint density at radius 1 is 0.889 bits per heavy atom. The summed E-state index contributed by atoms with van der Waals surface area (Å²) in [5, 5.41) is 3.48. The predicted molar refractivity (Wildman–Crippen MR) is 35.1 cm³/mol. The average Bonchev–Trinajstić information content (AvgIpc) is 2.57. The molecule has 0 atom stereocenters. The van der Waals surface area contributed by atoms with Crippen molar-refractivity contribution in [3.63, 3.8) is 0 Å². The molecule has 0 bridgehead atoms. The van der Waals surface area contributed by atoms with Crippen molar-refractivity contribution in [2.75, 3.05) is 0 Å². The summed E-state index contributed by atoms with van der Waals surface area (Å²) in [6.07, 6.45) is 6.37. The molecular weight excluding hydrogens is 161 g/mol. The van der Waals surface area contributed by atoms with Gasteiger partial charge in [0, 0.05) is 0 Å². The van der Waals surface area contributed by atoms with Crippen LogP contribution in [-0.2, 0) is 17.1 Å². The van der Waals surface area contributed by atoms with Crippen LogP contribution in [0, 0.1) is 11.8 Å². The van der Waals surface area contributed by atoms with Crippen LogP contribution in [0.3, 0.4) is 0 Å². The first-order valence-electron chi connectivity index (χ1n) is 4.45. The number of rotatable bonds is 4. The van der Waals surface area contributed by atoms with E-state index in [0.29, 0.717) is 0 Å². The second-order valence-corrected chi connectivity index (χ2v) is 7.72. The molecule has 0 saturated heterocycles. The van der Waals surface area contributed by atoms with E-state index in [2.05, 4.69) is 0 Å². The van der Waals surface area contributed by atoms with E-state index in [1.165, 1.54) is 11.8 Å². The molecule has 0 aliphatic heterocycles. The Labute approximate surface area is 65.0 Å². The van der Waals surface area contributed by atoms with Crippen molar-refractivity contribution in [1.82, 2.24) is 0 Å². The Morgan fingerprint density at radius 2 is 1.33 bits per heavy atom. The van der Waals surface area contributed by atoms with Crippen LogP contribution in [0.25, 0.3) is 0 Å². The van der Waals surface area contributed by atoms with Gasteiger partial charge in [0.25, 0.3) is 0 Å². The minimum absolute atomic E-state index is 0.0579. The molecule has 2 aliphatic carbocycles. The summed E-state index contributed by atoms with van der Waals surface area (Å²) in [4.78, 5) is 0. The molecule has 0 nitrogen and oxygen atoms in total. The van der Waals surface area contributed by atoms with E-state index in [-0.39, 0.29) is 17.1 Å². The molecule has 0 heterocycles. The molecule has 9 heavy (non-hydrogen) atoms. The van der Waals surface area contributed by atoms with E-state index in [0.717, 1.165) is 0 Å². The third-order valence-electron chi connectivity index (χ3n) is 2.62. The van der Waals surface area contributed by atoms with Crippen LogP contribution in [0.2, 0.25) is 10.0 Å². The second kappa shape index (κ2) is 2.70. The standard InChI is InChI=1S/2C4H7.Zn/c2*1-4-2-3-4;/h2*4H,1-3H2;. The van der Waals surface area contributed by atoms with Gasteiger partial charge in [-0.25, -0.2) is 0 Å². The van der Waals surface area contributed by atoms with Gasteiger partial charge in [0.2, 0.25) is 0 Å². The van der Waals surface area contributed by atoms with Gasteiger partial charge in [-0.3, -0.25) is 0 Å². The monoisotopic (exact) mass is 174 g/mol.